The van der Waals surface area contributed by atoms with E-state index in [1.54, 1.807) is 0 Å². The molecule has 1 heterocycles. The number of piperidine rings is 1. The molecule has 0 atom stereocenters. The van der Waals surface area contributed by atoms with Crippen LogP contribution in [0, 0.1) is 0 Å². The van der Waals surface area contributed by atoms with E-state index in [0.717, 1.165) is 30.9 Å². The lowest BCUT2D eigenvalue weighted by Gasteiger charge is -2.34. The Bertz CT molecular complexity index is 547. The lowest BCUT2D eigenvalue weighted by molar-refractivity contribution is 0.533. The number of nitrogens with zero attached hydrogens (tertiary/aromatic N) is 1. The number of rotatable bonds is 3. The minimum Gasteiger partial charge on any atom is -0.398 e. The fraction of sp³-hybridized carbons (Fsp3) is 0.571. The van der Waals surface area contributed by atoms with Crippen molar-refractivity contribution >= 4 is 21.2 Å². The first kappa shape index (κ1) is 14.2. The van der Waals surface area contributed by atoms with Crippen molar-refractivity contribution in [3.8, 4) is 0 Å². The highest BCUT2D eigenvalue weighted by Crippen LogP contribution is 2.29. The molecule has 1 saturated heterocycles. The number of sulfone groups is 1. The van der Waals surface area contributed by atoms with Crippen molar-refractivity contribution in [1.29, 1.82) is 0 Å². The Hall–Kier alpha value is -1.23. The van der Waals surface area contributed by atoms with E-state index >= 15 is 0 Å². The highest BCUT2D eigenvalue weighted by molar-refractivity contribution is 7.91. The summed E-state index contributed by atoms with van der Waals surface area (Å²) in [7, 11) is -2.91. The Kier molecular flexibility index (Phi) is 4.04. The van der Waals surface area contributed by atoms with Gasteiger partial charge in [0.15, 0.2) is 0 Å². The summed E-state index contributed by atoms with van der Waals surface area (Å²) < 4.78 is 23.1. The van der Waals surface area contributed by atoms with E-state index in [1.807, 2.05) is 12.1 Å². The molecule has 0 aromatic heterocycles. The third-order valence-corrected chi connectivity index (χ3v) is 5.61. The Morgan fingerprint density at radius 3 is 2.47 bits per heavy atom. The van der Waals surface area contributed by atoms with Crippen LogP contribution in [0.1, 0.15) is 25.3 Å². The van der Waals surface area contributed by atoms with Gasteiger partial charge < -0.3 is 10.6 Å². The van der Waals surface area contributed by atoms with Crippen LogP contribution in [0.3, 0.4) is 0 Å². The normalized spacial score (nSPS) is 17.7. The lowest BCUT2D eigenvalue weighted by atomic mass is 10.0. The van der Waals surface area contributed by atoms with Gasteiger partial charge in [-0.25, -0.2) is 8.42 Å². The van der Waals surface area contributed by atoms with Crippen molar-refractivity contribution in [2.75, 3.05) is 30.0 Å². The topological polar surface area (TPSA) is 63.4 Å². The molecule has 106 valence electrons. The molecule has 2 N–H and O–H groups in total. The van der Waals surface area contributed by atoms with Crippen molar-refractivity contribution in [1.82, 2.24) is 0 Å². The maximum atomic E-state index is 11.6. The first-order valence-corrected chi connectivity index (χ1v) is 8.70. The number of anilines is 2. The average Bonchev–Trinajstić information content (AvgIpc) is 2.37. The summed E-state index contributed by atoms with van der Waals surface area (Å²) in [5.41, 5.74) is 9.17. The lowest BCUT2D eigenvalue weighted by Crippen LogP contribution is -2.39. The van der Waals surface area contributed by atoms with Crippen LogP contribution < -0.4 is 10.6 Å². The van der Waals surface area contributed by atoms with E-state index < -0.39 is 9.84 Å². The molecule has 0 spiro atoms. The van der Waals surface area contributed by atoms with Gasteiger partial charge in [0.25, 0.3) is 0 Å². The van der Waals surface area contributed by atoms with Crippen molar-refractivity contribution in [2.45, 2.75) is 31.4 Å². The van der Waals surface area contributed by atoms with Gasteiger partial charge in [0.1, 0.15) is 9.84 Å². The van der Waals surface area contributed by atoms with Crippen molar-refractivity contribution < 1.29 is 8.42 Å². The summed E-state index contributed by atoms with van der Waals surface area (Å²) in [5.74, 6) is 0. The molecule has 0 saturated carbocycles. The molecule has 1 fully saturated rings. The third kappa shape index (κ3) is 3.03. The zero-order valence-corrected chi connectivity index (χ0v) is 12.4. The van der Waals surface area contributed by atoms with Crippen LogP contribution in [0.4, 0.5) is 11.4 Å². The van der Waals surface area contributed by atoms with Gasteiger partial charge in [0.2, 0.25) is 0 Å². The number of hydrogen-bond acceptors (Lipinski definition) is 4. The summed E-state index contributed by atoms with van der Waals surface area (Å²) in [6.45, 7) is 3.67. The Morgan fingerprint density at radius 2 is 1.95 bits per heavy atom. The molecule has 19 heavy (non-hydrogen) atoms. The van der Waals surface area contributed by atoms with Gasteiger partial charge in [-0.05, 0) is 37.0 Å². The molecule has 2 rings (SSSR count). The van der Waals surface area contributed by atoms with E-state index in [-0.39, 0.29) is 5.25 Å². The Balaban J connectivity index is 2.16. The van der Waals surface area contributed by atoms with Crippen molar-refractivity contribution in [2.24, 2.45) is 0 Å². The molecule has 0 radical (unpaired) electrons. The predicted molar refractivity (Wildman–Crippen MR) is 80.3 cm³/mol. The van der Waals surface area contributed by atoms with Crippen LogP contribution in [0.25, 0.3) is 0 Å². The zero-order valence-electron chi connectivity index (χ0n) is 11.6. The van der Waals surface area contributed by atoms with Crippen LogP contribution in [-0.2, 0) is 16.3 Å². The fourth-order valence-corrected chi connectivity index (χ4v) is 3.87. The van der Waals surface area contributed by atoms with E-state index in [4.69, 9.17) is 5.73 Å². The Labute approximate surface area is 115 Å². The van der Waals surface area contributed by atoms with Gasteiger partial charge >= 0.3 is 0 Å². The molecule has 0 unspecified atom stereocenters. The molecule has 1 aliphatic rings. The molecular weight excluding hydrogens is 260 g/mol. The van der Waals surface area contributed by atoms with Crippen LogP contribution >= 0.6 is 0 Å². The second kappa shape index (κ2) is 5.41. The van der Waals surface area contributed by atoms with Crippen LogP contribution in [0.2, 0.25) is 0 Å². The molecular formula is C14H22N2O2S. The van der Waals surface area contributed by atoms with Gasteiger partial charge in [-0.15, -0.1) is 0 Å². The zero-order chi connectivity index (χ0) is 14.0. The van der Waals surface area contributed by atoms with Crippen LogP contribution in [0.15, 0.2) is 18.2 Å². The molecule has 5 heteroatoms. The first-order chi connectivity index (χ1) is 8.93. The predicted octanol–water partition coefficient (Wildman–Crippen LogP) is 1.84. The van der Waals surface area contributed by atoms with Crippen molar-refractivity contribution in [3.05, 3.63) is 23.8 Å². The summed E-state index contributed by atoms with van der Waals surface area (Å²) in [5, 5.41) is -0.185. The monoisotopic (exact) mass is 282 g/mol. The van der Waals surface area contributed by atoms with Gasteiger partial charge in [0, 0.05) is 30.7 Å². The van der Waals surface area contributed by atoms with E-state index in [0.29, 0.717) is 12.8 Å². The summed E-state index contributed by atoms with van der Waals surface area (Å²) in [4.78, 5) is 2.26. The molecule has 1 aliphatic heterocycles. The smallest absolute Gasteiger partial charge is 0.150 e. The molecule has 0 aliphatic carbocycles. The number of benzene rings is 1. The van der Waals surface area contributed by atoms with E-state index in [2.05, 4.69) is 17.9 Å². The maximum absolute atomic E-state index is 11.6. The van der Waals surface area contributed by atoms with Gasteiger partial charge in [-0.3, -0.25) is 0 Å². The number of nitrogen functional groups attached to an aromatic ring is 1. The molecule has 0 bridgehead atoms. The molecule has 0 amide bonds. The summed E-state index contributed by atoms with van der Waals surface area (Å²) in [6, 6.07) is 5.97. The largest absolute Gasteiger partial charge is 0.398 e. The quantitative estimate of drug-likeness (QED) is 0.859. The minimum atomic E-state index is -2.91. The van der Waals surface area contributed by atoms with E-state index in [1.165, 1.54) is 11.8 Å². The molecule has 4 nitrogen and oxygen atoms in total. The van der Waals surface area contributed by atoms with Crippen LogP contribution in [-0.4, -0.2) is 33.0 Å². The number of nitrogens with two attached hydrogens (primary N) is 1. The van der Waals surface area contributed by atoms with Crippen molar-refractivity contribution in [3.63, 3.8) is 0 Å². The molecule has 1 aromatic carbocycles. The van der Waals surface area contributed by atoms with Crippen LogP contribution in [0.5, 0.6) is 0 Å². The maximum Gasteiger partial charge on any atom is 0.150 e. The second-order valence-electron chi connectivity index (χ2n) is 5.21. The first-order valence-electron chi connectivity index (χ1n) is 6.74. The standard InChI is InChI=1S/C14H22N2O2S/c1-3-12-13(15)5-4-6-14(12)16-9-7-11(8-10-16)19(2,17)18/h4-6,11H,3,7-10,15H2,1-2H3. The second-order valence-corrected chi connectivity index (χ2v) is 7.54. The minimum absolute atomic E-state index is 0.185. The van der Waals surface area contributed by atoms with Gasteiger partial charge in [-0.1, -0.05) is 13.0 Å². The average molecular weight is 282 g/mol. The molecule has 1 aromatic rings. The highest BCUT2D eigenvalue weighted by Gasteiger charge is 2.27. The summed E-state index contributed by atoms with van der Waals surface area (Å²) in [6.07, 6.45) is 3.65. The highest BCUT2D eigenvalue weighted by atomic mass is 32.2. The summed E-state index contributed by atoms with van der Waals surface area (Å²) >= 11 is 0. The fourth-order valence-electron chi connectivity index (χ4n) is 2.80. The van der Waals surface area contributed by atoms with E-state index in [9.17, 15) is 8.42 Å². The Morgan fingerprint density at radius 1 is 1.32 bits per heavy atom. The van der Waals surface area contributed by atoms with Gasteiger partial charge in [0.05, 0.1) is 5.25 Å². The van der Waals surface area contributed by atoms with Gasteiger partial charge in [-0.2, -0.15) is 0 Å². The number of hydrogen-bond donors (Lipinski definition) is 1. The third-order valence-electron chi connectivity index (χ3n) is 3.93. The SMILES string of the molecule is CCc1c(N)cccc1N1CCC(S(C)(=O)=O)CC1.